The number of nitrogens with one attached hydrogen (secondary N) is 2. The summed E-state index contributed by atoms with van der Waals surface area (Å²) in [5.41, 5.74) is 0.951. The molecule has 1 fully saturated rings. The van der Waals surface area contributed by atoms with E-state index in [2.05, 4.69) is 20.5 Å². The minimum Gasteiger partial charge on any atom is -0.497 e. The first-order valence-corrected chi connectivity index (χ1v) is 10.4. The van der Waals surface area contributed by atoms with Crippen LogP contribution in [0.3, 0.4) is 0 Å². The van der Waals surface area contributed by atoms with E-state index in [1.807, 2.05) is 30.3 Å². The first-order valence-electron chi connectivity index (χ1n) is 10.4. The Bertz CT molecular complexity index is 829. The van der Waals surface area contributed by atoms with Gasteiger partial charge in [-0.2, -0.15) is 0 Å². The molecule has 1 saturated heterocycles. The molecule has 170 valence electrons. The summed E-state index contributed by atoms with van der Waals surface area (Å²) < 4.78 is 24.4. The zero-order chi connectivity index (χ0) is 21.2. The van der Waals surface area contributed by atoms with E-state index in [0.29, 0.717) is 12.6 Å². The molecule has 2 N–H and O–H groups in total. The summed E-state index contributed by atoms with van der Waals surface area (Å²) in [5.74, 6) is 2.22. The topological polar surface area (TPSA) is 58.1 Å². The van der Waals surface area contributed by atoms with E-state index in [-0.39, 0.29) is 29.8 Å². The molecule has 6 nitrogen and oxygen atoms in total. The molecule has 3 rings (SSSR count). The van der Waals surface area contributed by atoms with Crippen LogP contribution in [0.4, 0.5) is 10.1 Å². The number of guanidine groups is 1. The minimum absolute atomic E-state index is 0. The van der Waals surface area contributed by atoms with Gasteiger partial charge in [-0.15, -0.1) is 24.0 Å². The Morgan fingerprint density at radius 3 is 2.58 bits per heavy atom. The number of halogens is 2. The van der Waals surface area contributed by atoms with Crippen LogP contribution in [0.2, 0.25) is 0 Å². The highest BCUT2D eigenvalue weighted by atomic mass is 127. The van der Waals surface area contributed by atoms with Gasteiger partial charge in [0.25, 0.3) is 0 Å². The second kappa shape index (κ2) is 13.2. The first kappa shape index (κ1) is 25.0. The Morgan fingerprint density at radius 2 is 1.87 bits per heavy atom. The maximum Gasteiger partial charge on any atom is 0.191 e. The molecule has 0 unspecified atom stereocenters. The summed E-state index contributed by atoms with van der Waals surface area (Å²) >= 11 is 0. The van der Waals surface area contributed by atoms with Crippen molar-refractivity contribution in [3.63, 3.8) is 0 Å². The number of hydrogen-bond acceptors (Lipinski definition) is 4. The molecule has 0 aliphatic carbocycles. The highest BCUT2D eigenvalue weighted by Gasteiger charge is 2.20. The van der Waals surface area contributed by atoms with Crippen LogP contribution in [0.5, 0.6) is 11.5 Å². The number of piperidine rings is 1. The Labute approximate surface area is 201 Å². The lowest BCUT2D eigenvalue weighted by atomic mass is 10.0. The predicted octanol–water partition coefficient (Wildman–Crippen LogP) is 4.06. The molecule has 0 aromatic heterocycles. The van der Waals surface area contributed by atoms with Crippen molar-refractivity contribution in [3.8, 4) is 11.5 Å². The Hall–Kier alpha value is -2.23. The van der Waals surface area contributed by atoms with E-state index in [4.69, 9.17) is 9.47 Å². The Balaban J connectivity index is 0.00000341. The molecule has 2 aromatic rings. The SMILES string of the molecule is CN=C(NCCCOc1cccc(OC)c1)NC1CCN(c2cccc(F)c2)CC1.I. The largest absolute Gasteiger partial charge is 0.497 e. The van der Waals surface area contributed by atoms with E-state index in [0.717, 1.165) is 62.0 Å². The van der Waals surface area contributed by atoms with Crippen molar-refractivity contribution in [2.24, 2.45) is 4.99 Å². The minimum atomic E-state index is -0.187. The van der Waals surface area contributed by atoms with Gasteiger partial charge < -0.3 is 25.0 Å². The van der Waals surface area contributed by atoms with Gasteiger partial charge in [0.1, 0.15) is 17.3 Å². The van der Waals surface area contributed by atoms with Gasteiger partial charge in [-0.25, -0.2) is 4.39 Å². The molecule has 0 amide bonds. The van der Waals surface area contributed by atoms with Crippen molar-refractivity contribution in [3.05, 3.63) is 54.3 Å². The summed E-state index contributed by atoms with van der Waals surface area (Å²) in [5, 5.41) is 6.84. The van der Waals surface area contributed by atoms with Crippen LogP contribution in [0.15, 0.2) is 53.5 Å². The van der Waals surface area contributed by atoms with Crippen molar-refractivity contribution < 1.29 is 13.9 Å². The van der Waals surface area contributed by atoms with E-state index >= 15 is 0 Å². The van der Waals surface area contributed by atoms with E-state index in [9.17, 15) is 4.39 Å². The van der Waals surface area contributed by atoms with E-state index in [1.165, 1.54) is 6.07 Å². The molecule has 2 aromatic carbocycles. The van der Waals surface area contributed by atoms with Gasteiger partial charge in [0.05, 0.1) is 13.7 Å². The fourth-order valence-electron chi connectivity index (χ4n) is 3.50. The van der Waals surface area contributed by atoms with Gasteiger partial charge in [0, 0.05) is 44.5 Å². The molecule has 0 spiro atoms. The molecule has 0 bridgehead atoms. The second-order valence-electron chi connectivity index (χ2n) is 7.27. The molecule has 0 saturated carbocycles. The zero-order valence-electron chi connectivity index (χ0n) is 18.1. The summed E-state index contributed by atoms with van der Waals surface area (Å²) in [7, 11) is 3.43. The number of hydrogen-bond donors (Lipinski definition) is 2. The summed E-state index contributed by atoms with van der Waals surface area (Å²) in [4.78, 5) is 6.55. The molecule has 0 atom stereocenters. The molecule has 0 radical (unpaired) electrons. The van der Waals surface area contributed by atoms with Crippen molar-refractivity contribution >= 4 is 35.6 Å². The third-order valence-corrected chi connectivity index (χ3v) is 5.16. The van der Waals surface area contributed by atoms with Crippen molar-refractivity contribution in [2.45, 2.75) is 25.3 Å². The average molecular weight is 542 g/mol. The zero-order valence-corrected chi connectivity index (χ0v) is 20.5. The highest BCUT2D eigenvalue weighted by molar-refractivity contribution is 14.0. The lowest BCUT2D eigenvalue weighted by molar-refractivity contribution is 0.308. The van der Waals surface area contributed by atoms with Gasteiger partial charge in [0.15, 0.2) is 5.96 Å². The quantitative estimate of drug-likeness (QED) is 0.228. The molecule has 8 heteroatoms. The number of methoxy groups -OCH3 is 1. The molecule has 1 heterocycles. The van der Waals surface area contributed by atoms with Gasteiger partial charge in [-0.1, -0.05) is 12.1 Å². The molecule has 31 heavy (non-hydrogen) atoms. The summed E-state index contributed by atoms with van der Waals surface area (Å²) in [6.07, 6.45) is 2.82. The lowest BCUT2D eigenvalue weighted by Crippen LogP contribution is -2.49. The van der Waals surface area contributed by atoms with Gasteiger partial charge in [0.2, 0.25) is 0 Å². The number of benzene rings is 2. The number of ether oxygens (including phenoxy) is 2. The second-order valence-corrected chi connectivity index (χ2v) is 7.27. The van der Waals surface area contributed by atoms with Gasteiger partial charge >= 0.3 is 0 Å². The van der Waals surface area contributed by atoms with Crippen LogP contribution in [-0.4, -0.2) is 52.4 Å². The summed E-state index contributed by atoms with van der Waals surface area (Å²) in [6, 6.07) is 14.8. The molecule has 1 aliphatic heterocycles. The fraction of sp³-hybridized carbons (Fsp3) is 0.435. The van der Waals surface area contributed by atoms with Crippen LogP contribution in [-0.2, 0) is 0 Å². The average Bonchev–Trinajstić information content (AvgIpc) is 2.78. The van der Waals surface area contributed by atoms with Crippen LogP contribution >= 0.6 is 24.0 Å². The number of aliphatic imine (C=N–C) groups is 1. The smallest absolute Gasteiger partial charge is 0.191 e. The lowest BCUT2D eigenvalue weighted by Gasteiger charge is -2.34. The van der Waals surface area contributed by atoms with Crippen molar-refractivity contribution in [1.82, 2.24) is 10.6 Å². The Kier molecular flexibility index (Phi) is 10.7. The Morgan fingerprint density at radius 1 is 1.13 bits per heavy atom. The molecular weight excluding hydrogens is 510 g/mol. The van der Waals surface area contributed by atoms with E-state index in [1.54, 1.807) is 26.3 Å². The number of nitrogens with zero attached hydrogens (tertiary/aromatic N) is 2. The molecular formula is C23H32FIN4O2. The summed E-state index contributed by atoms with van der Waals surface area (Å²) in [6.45, 7) is 3.17. The maximum absolute atomic E-state index is 13.4. The highest BCUT2D eigenvalue weighted by Crippen LogP contribution is 2.21. The predicted molar refractivity (Wildman–Crippen MR) is 135 cm³/mol. The number of rotatable bonds is 8. The van der Waals surface area contributed by atoms with Crippen molar-refractivity contribution in [2.75, 3.05) is 45.3 Å². The van der Waals surface area contributed by atoms with Crippen LogP contribution in [0, 0.1) is 5.82 Å². The van der Waals surface area contributed by atoms with Crippen LogP contribution in [0.25, 0.3) is 0 Å². The van der Waals surface area contributed by atoms with Gasteiger partial charge in [-0.05, 0) is 49.6 Å². The standard InChI is InChI=1S/C23H31FN4O2.HI/c1-25-23(26-12-5-15-30-22-9-4-8-21(17-22)29-2)27-19-10-13-28(14-11-19)20-7-3-6-18(24)16-20;/h3-4,6-9,16-17,19H,5,10-15H2,1-2H3,(H2,25,26,27);1H. The maximum atomic E-state index is 13.4. The normalized spacial score (nSPS) is 14.5. The fourth-order valence-corrected chi connectivity index (χ4v) is 3.50. The third kappa shape index (κ3) is 8.08. The third-order valence-electron chi connectivity index (χ3n) is 5.16. The number of anilines is 1. The van der Waals surface area contributed by atoms with Crippen LogP contribution in [0.1, 0.15) is 19.3 Å². The monoisotopic (exact) mass is 542 g/mol. The van der Waals surface area contributed by atoms with Crippen LogP contribution < -0.4 is 25.0 Å². The van der Waals surface area contributed by atoms with Crippen molar-refractivity contribution in [1.29, 1.82) is 0 Å². The molecule has 1 aliphatic rings. The van der Waals surface area contributed by atoms with E-state index < -0.39 is 0 Å². The first-order chi connectivity index (χ1) is 14.7. The van der Waals surface area contributed by atoms with Gasteiger partial charge in [-0.3, -0.25) is 4.99 Å².